The number of carbonyl (C=O) groups excluding carboxylic acids is 2. The van der Waals surface area contributed by atoms with Crippen LogP contribution in [0.2, 0.25) is 0 Å². The average molecular weight is 421 g/mol. The molecule has 2 amide bonds. The summed E-state index contributed by atoms with van der Waals surface area (Å²) in [6, 6.07) is 15.4. The van der Waals surface area contributed by atoms with E-state index >= 15 is 0 Å². The number of amides is 2. The van der Waals surface area contributed by atoms with E-state index < -0.39 is 0 Å². The molecule has 2 aromatic carbocycles. The van der Waals surface area contributed by atoms with Gasteiger partial charge in [-0.1, -0.05) is 19.1 Å². The van der Waals surface area contributed by atoms with Gasteiger partial charge in [-0.2, -0.15) is 0 Å². The maximum atomic E-state index is 13.0. The second-order valence-electron chi connectivity index (χ2n) is 8.92. The van der Waals surface area contributed by atoms with E-state index in [0.29, 0.717) is 18.0 Å². The molecule has 0 bridgehead atoms. The van der Waals surface area contributed by atoms with Crippen LogP contribution in [0.25, 0.3) is 0 Å². The van der Waals surface area contributed by atoms with Crippen molar-refractivity contribution in [1.29, 1.82) is 0 Å². The SMILES string of the molecule is COc1ccc(C(=O)N2CCC[C@@H](c3cccc(C(=O)N4CCC(C)CC4)c3)C2)cc1. The van der Waals surface area contributed by atoms with Crippen molar-refractivity contribution in [2.45, 2.75) is 38.5 Å². The van der Waals surface area contributed by atoms with Crippen molar-refractivity contribution in [1.82, 2.24) is 9.80 Å². The monoisotopic (exact) mass is 420 g/mol. The first-order chi connectivity index (χ1) is 15.0. The van der Waals surface area contributed by atoms with Gasteiger partial charge in [0.2, 0.25) is 0 Å². The minimum atomic E-state index is 0.0574. The zero-order valence-corrected chi connectivity index (χ0v) is 18.5. The molecule has 0 aliphatic carbocycles. The minimum Gasteiger partial charge on any atom is -0.497 e. The summed E-state index contributed by atoms with van der Waals surface area (Å²) in [5.74, 6) is 1.90. The topological polar surface area (TPSA) is 49.9 Å². The molecule has 2 fully saturated rings. The lowest BCUT2D eigenvalue weighted by atomic mass is 9.89. The minimum absolute atomic E-state index is 0.0574. The fraction of sp³-hybridized carbons (Fsp3) is 0.462. The summed E-state index contributed by atoms with van der Waals surface area (Å²) in [7, 11) is 1.62. The van der Waals surface area contributed by atoms with Crippen LogP contribution in [-0.4, -0.2) is 54.9 Å². The van der Waals surface area contributed by atoms with Gasteiger partial charge < -0.3 is 14.5 Å². The number of hydrogen-bond donors (Lipinski definition) is 0. The summed E-state index contributed by atoms with van der Waals surface area (Å²) in [4.78, 5) is 29.9. The van der Waals surface area contributed by atoms with Gasteiger partial charge in [-0.3, -0.25) is 9.59 Å². The smallest absolute Gasteiger partial charge is 0.253 e. The molecule has 0 spiro atoms. The first kappa shape index (κ1) is 21.4. The number of piperidine rings is 2. The molecule has 0 aromatic heterocycles. The molecule has 2 aliphatic rings. The highest BCUT2D eigenvalue weighted by Gasteiger charge is 2.27. The zero-order valence-electron chi connectivity index (χ0n) is 18.5. The molecule has 5 heteroatoms. The molecule has 4 rings (SSSR count). The third-order valence-electron chi connectivity index (χ3n) is 6.72. The Balaban J connectivity index is 1.45. The van der Waals surface area contributed by atoms with E-state index in [4.69, 9.17) is 4.74 Å². The van der Waals surface area contributed by atoms with Crippen LogP contribution in [0.3, 0.4) is 0 Å². The maximum absolute atomic E-state index is 13.0. The van der Waals surface area contributed by atoms with Crippen molar-refractivity contribution in [3.63, 3.8) is 0 Å². The molecule has 0 saturated carbocycles. The Morgan fingerprint density at radius 2 is 1.58 bits per heavy atom. The Kier molecular flexibility index (Phi) is 6.59. The lowest BCUT2D eigenvalue weighted by Crippen LogP contribution is -2.39. The molecule has 2 saturated heterocycles. The molecule has 5 nitrogen and oxygen atoms in total. The van der Waals surface area contributed by atoms with Crippen molar-refractivity contribution >= 4 is 11.8 Å². The summed E-state index contributed by atoms with van der Waals surface area (Å²) in [5, 5.41) is 0. The number of methoxy groups -OCH3 is 1. The molecule has 2 aliphatic heterocycles. The summed E-state index contributed by atoms with van der Waals surface area (Å²) in [6.07, 6.45) is 4.16. The second kappa shape index (κ2) is 9.54. The Bertz CT molecular complexity index is 917. The van der Waals surface area contributed by atoms with Crippen LogP contribution in [0.5, 0.6) is 5.75 Å². The van der Waals surface area contributed by atoms with E-state index in [-0.39, 0.29) is 17.7 Å². The number of rotatable bonds is 4. The fourth-order valence-corrected chi connectivity index (χ4v) is 4.67. The van der Waals surface area contributed by atoms with Crippen molar-refractivity contribution in [3.05, 3.63) is 65.2 Å². The van der Waals surface area contributed by atoms with Crippen LogP contribution in [-0.2, 0) is 0 Å². The van der Waals surface area contributed by atoms with Crippen LogP contribution in [0.15, 0.2) is 48.5 Å². The first-order valence-electron chi connectivity index (χ1n) is 11.4. The normalized spacial score (nSPS) is 19.9. The number of nitrogens with zero attached hydrogens (tertiary/aromatic N) is 2. The molecule has 1 atom stereocenters. The Morgan fingerprint density at radius 3 is 2.29 bits per heavy atom. The van der Waals surface area contributed by atoms with Crippen molar-refractivity contribution in [2.75, 3.05) is 33.3 Å². The zero-order chi connectivity index (χ0) is 21.8. The predicted molar refractivity (Wildman–Crippen MR) is 122 cm³/mol. The van der Waals surface area contributed by atoms with Gasteiger partial charge >= 0.3 is 0 Å². The van der Waals surface area contributed by atoms with Crippen LogP contribution in [0.4, 0.5) is 0 Å². The van der Waals surface area contributed by atoms with Crippen LogP contribution in [0.1, 0.15) is 64.8 Å². The lowest BCUT2D eigenvalue weighted by Gasteiger charge is -2.33. The van der Waals surface area contributed by atoms with Gasteiger partial charge in [-0.25, -0.2) is 0 Å². The van der Waals surface area contributed by atoms with E-state index in [1.54, 1.807) is 7.11 Å². The van der Waals surface area contributed by atoms with Gasteiger partial charge in [0.1, 0.15) is 5.75 Å². The van der Waals surface area contributed by atoms with E-state index in [9.17, 15) is 9.59 Å². The number of carbonyl (C=O) groups is 2. The predicted octanol–water partition coefficient (Wildman–Crippen LogP) is 4.59. The molecule has 0 N–H and O–H groups in total. The van der Waals surface area contributed by atoms with Gasteiger partial charge in [0.25, 0.3) is 11.8 Å². The highest BCUT2D eigenvalue weighted by molar-refractivity contribution is 5.95. The molecular formula is C26H32N2O3. The molecule has 164 valence electrons. The van der Waals surface area contributed by atoms with Gasteiger partial charge in [0.05, 0.1) is 7.11 Å². The largest absolute Gasteiger partial charge is 0.497 e. The summed E-state index contributed by atoms with van der Waals surface area (Å²) in [6.45, 7) is 5.40. The maximum Gasteiger partial charge on any atom is 0.253 e. The molecule has 2 heterocycles. The second-order valence-corrected chi connectivity index (χ2v) is 8.92. The Hall–Kier alpha value is -2.82. The number of benzene rings is 2. The molecule has 0 unspecified atom stereocenters. The third-order valence-corrected chi connectivity index (χ3v) is 6.72. The third kappa shape index (κ3) is 4.92. The van der Waals surface area contributed by atoms with E-state index in [2.05, 4.69) is 13.0 Å². The van der Waals surface area contributed by atoms with E-state index in [1.807, 2.05) is 52.3 Å². The molecule has 0 radical (unpaired) electrons. The molecule has 2 aromatic rings. The van der Waals surface area contributed by atoms with Crippen molar-refractivity contribution in [3.8, 4) is 5.75 Å². The number of likely N-dealkylation sites (tertiary alicyclic amines) is 2. The van der Waals surface area contributed by atoms with Crippen LogP contribution in [0, 0.1) is 5.92 Å². The summed E-state index contributed by atoms with van der Waals surface area (Å²) >= 11 is 0. The standard InChI is InChI=1S/C26H32N2O3/c1-19-12-15-27(16-13-19)26(30)22-6-3-5-21(17-22)23-7-4-14-28(18-23)25(29)20-8-10-24(31-2)11-9-20/h3,5-6,8-11,17,19,23H,4,7,12-16,18H2,1-2H3/t23-/m1/s1. The van der Waals surface area contributed by atoms with E-state index in [0.717, 1.165) is 62.2 Å². The summed E-state index contributed by atoms with van der Waals surface area (Å²) < 4.78 is 5.19. The van der Waals surface area contributed by atoms with Crippen molar-refractivity contribution in [2.24, 2.45) is 5.92 Å². The van der Waals surface area contributed by atoms with Gasteiger partial charge in [-0.15, -0.1) is 0 Å². The highest BCUT2D eigenvalue weighted by atomic mass is 16.5. The fourth-order valence-electron chi connectivity index (χ4n) is 4.67. The lowest BCUT2D eigenvalue weighted by molar-refractivity contribution is 0.0689. The van der Waals surface area contributed by atoms with Gasteiger partial charge in [-0.05, 0) is 73.6 Å². The highest BCUT2D eigenvalue weighted by Crippen LogP contribution is 2.29. The van der Waals surface area contributed by atoms with Gasteiger partial charge in [0.15, 0.2) is 0 Å². The Labute approximate surface area is 185 Å². The van der Waals surface area contributed by atoms with E-state index in [1.165, 1.54) is 0 Å². The van der Waals surface area contributed by atoms with Crippen LogP contribution < -0.4 is 4.74 Å². The number of hydrogen-bond acceptors (Lipinski definition) is 3. The number of ether oxygens (including phenoxy) is 1. The van der Waals surface area contributed by atoms with Crippen molar-refractivity contribution < 1.29 is 14.3 Å². The Morgan fingerprint density at radius 1 is 0.871 bits per heavy atom. The molecular weight excluding hydrogens is 388 g/mol. The average Bonchev–Trinajstić information content (AvgIpc) is 2.84. The van der Waals surface area contributed by atoms with Gasteiger partial charge in [0, 0.05) is 43.2 Å². The molecule has 31 heavy (non-hydrogen) atoms. The quantitative estimate of drug-likeness (QED) is 0.727. The first-order valence-corrected chi connectivity index (χ1v) is 11.4. The summed E-state index contributed by atoms with van der Waals surface area (Å²) in [5.41, 5.74) is 2.61. The van der Waals surface area contributed by atoms with Crippen LogP contribution >= 0.6 is 0 Å².